The third-order valence-electron chi connectivity index (χ3n) is 5.08. The van der Waals surface area contributed by atoms with Gasteiger partial charge in [0.1, 0.15) is 11.9 Å². The summed E-state index contributed by atoms with van der Waals surface area (Å²) in [5, 5.41) is 0. The normalized spacial score (nSPS) is 16.1. The van der Waals surface area contributed by atoms with Gasteiger partial charge in [-0.1, -0.05) is 43.7 Å². The number of hydrogen-bond donors (Lipinski definition) is 0. The van der Waals surface area contributed by atoms with Crippen molar-refractivity contribution in [2.45, 2.75) is 46.2 Å². The molecule has 2 heterocycles. The maximum Gasteiger partial charge on any atom is 0.245 e. The zero-order valence-electron chi connectivity index (χ0n) is 16.6. The lowest BCUT2D eigenvalue weighted by Crippen LogP contribution is -2.53. The van der Waals surface area contributed by atoms with Crippen LogP contribution in [0.25, 0.3) is 0 Å². The molecule has 0 spiro atoms. The van der Waals surface area contributed by atoms with Gasteiger partial charge >= 0.3 is 0 Å². The van der Waals surface area contributed by atoms with Crippen molar-refractivity contribution in [3.63, 3.8) is 0 Å². The summed E-state index contributed by atoms with van der Waals surface area (Å²) in [4.78, 5) is 33.4. The Hall–Kier alpha value is -2.63. The minimum Gasteiger partial charge on any atom is -0.335 e. The van der Waals surface area contributed by atoms with Crippen LogP contribution in [0, 0.1) is 6.92 Å². The minimum atomic E-state index is -0.360. The number of imidazole rings is 1. The topological polar surface area (TPSA) is 58.4 Å². The number of aryl methyl sites for hydroxylation is 1. The van der Waals surface area contributed by atoms with E-state index in [1.807, 2.05) is 47.7 Å². The van der Waals surface area contributed by atoms with Crippen molar-refractivity contribution in [1.82, 2.24) is 19.4 Å². The Kier molecular flexibility index (Phi) is 5.63. The molecule has 1 saturated heterocycles. The van der Waals surface area contributed by atoms with Crippen molar-refractivity contribution in [1.29, 1.82) is 0 Å². The van der Waals surface area contributed by atoms with Crippen LogP contribution in [0.3, 0.4) is 0 Å². The van der Waals surface area contributed by atoms with Gasteiger partial charge in [-0.25, -0.2) is 4.98 Å². The van der Waals surface area contributed by atoms with E-state index in [0.717, 1.165) is 11.4 Å². The lowest BCUT2D eigenvalue weighted by molar-refractivity contribution is -0.147. The fourth-order valence-electron chi connectivity index (χ4n) is 3.58. The van der Waals surface area contributed by atoms with Crippen molar-refractivity contribution >= 4 is 11.8 Å². The molecule has 0 N–H and O–H groups in total. The van der Waals surface area contributed by atoms with Gasteiger partial charge in [0.2, 0.25) is 11.8 Å². The number of rotatable bonds is 5. The second-order valence-corrected chi connectivity index (χ2v) is 7.59. The zero-order chi connectivity index (χ0) is 19.6. The zero-order valence-corrected chi connectivity index (χ0v) is 16.6. The summed E-state index contributed by atoms with van der Waals surface area (Å²) in [6.07, 6.45) is 3.57. The predicted molar refractivity (Wildman–Crippen MR) is 104 cm³/mol. The van der Waals surface area contributed by atoms with Gasteiger partial charge in [0.05, 0.1) is 6.54 Å². The minimum absolute atomic E-state index is 0.00183. The van der Waals surface area contributed by atoms with E-state index in [-0.39, 0.29) is 30.3 Å². The van der Waals surface area contributed by atoms with Gasteiger partial charge in [0, 0.05) is 37.9 Å². The van der Waals surface area contributed by atoms with E-state index in [0.29, 0.717) is 19.6 Å². The molecule has 1 aliphatic heterocycles. The first-order valence-electron chi connectivity index (χ1n) is 9.51. The molecule has 0 bridgehead atoms. The Bertz CT molecular complexity index is 827. The van der Waals surface area contributed by atoms with Crippen molar-refractivity contribution in [3.8, 4) is 0 Å². The summed E-state index contributed by atoms with van der Waals surface area (Å²) in [6.45, 7) is 9.90. The molecule has 0 radical (unpaired) electrons. The van der Waals surface area contributed by atoms with Crippen LogP contribution in [-0.2, 0) is 16.1 Å². The predicted octanol–water partition coefficient (Wildman–Crippen LogP) is 2.75. The second kappa shape index (κ2) is 7.94. The summed E-state index contributed by atoms with van der Waals surface area (Å²) in [7, 11) is 0. The Balaban J connectivity index is 1.64. The second-order valence-electron chi connectivity index (χ2n) is 7.59. The van der Waals surface area contributed by atoms with Crippen LogP contribution in [0.5, 0.6) is 0 Å². The number of hydrogen-bond acceptors (Lipinski definition) is 3. The monoisotopic (exact) mass is 368 g/mol. The highest BCUT2D eigenvalue weighted by atomic mass is 16.2. The van der Waals surface area contributed by atoms with Crippen LogP contribution < -0.4 is 0 Å². The van der Waals surface area contributed by atoms with E-state index in [4.69, 9.17) is 0 Å². The molecule has 0 aliphatic carbocycles. The Morgan fingerprint density at radius 3 is 2.67 bits per heavy atom. The van der Waals surface area contributed by atoms with Crippen LogP contribution in [-0.4, -0.2) is 50.8 Å². The highest BCUT2D eigenvalue weighted by Crippen LogP contribution is 2.20. The molecule has 2 amide bonds. The molecule has 1 fully saturated rings. The van der Waals surface area contributed by atoms with E-state index in [9.17, 15) is 9.59 Å². The molecule has 1 atom stereocenters. The Labute approximate surface area is 160 Å². The quantitative estimate of drug-likeness (QED) is 0.815. The van der Waals surface area contributed by atoms with E-state index < -0.39 is 0 Å². The molecule has 3 rings (SSSR count). The van der Waals surface area contributed by atoms with Gasteiger partial charge in [0.25, 0.3) is 0 Å². The van der Waals surface area contributed by atoms with E-state index in [2.05, 4.69) is 24.9 Å². The van der Waals surface area contributed by atoms with Gasteiger partial charge in [-0.3, -0.25) is 9.59 Å². The number of nitrogens with zero attached hydrogens (tertiary/aromatic N) is 4. The molecule has 0 saturated carbocycles. The smallest absolute Gasteiger partial charge is 0.245 e. The van der Waals surface area contributed by atoms with Crippen LogP contribution >= 0.6 is 0 Å². The molecule has 6 nitrogen and oxygen atoms in total. The summed E-state index contributed by atoms with van der Waals surface area (Å²) >= 11 is 0. The third-order valence-corrected chi connectivity index (χ3v) is 5.08. The average Bonchev–Trinajstić information content (AvgIpc) is 3.12. The lowest BCUT2D eigenvalue weighted by atomic mass is 10.1. The summed E-state index contributed by atoms with van der Waals surface area (Å²) in [5.41, 5.74) is 2.31. The van der Waals surface area contributed by atoms with Gasteiger partial charge < -0.3 is 14.4 Å². The first-order valence-corrected chi connectivity index (χ1v) is 9.51. The number of benzene rings is 1. The van der Waals surface area contributed by atoms with E-state index in [1.165, 1.54) is 5.56 Å². The third kappa shape index (κ3) is 4.21. The average molecular weight is 368 g/mol. The number of carbonyl (C=O) groups is 2. The van der Waals surface area contributed by atoms with E-state index >= 15 is 0 Å². The Morgan fingerprint density at radius 1 is 1.22 bits per heavy atom. The molecule has 1 aromatic carbocycles. The fraction of sp³-hybridized carbons (Fsp3) is 0.476. The summed E-state index contributed by atoms with van der Waals surface area (Å²) < 4.78 is 1.91. The summed E-state index contributed by atoms with van der Waals surface area (Å²) in [5.74, 6) is 1.10. The maximum absolute atomic E-state index is 12.9. The molecule has 1 aromatic heterocycles. The van der Waals surface area contributed by atoms with Crippen LogP contribution in [0.4, 0.5) is 0 Å². The number of amides is 2. The molecule has 27 heavy (non-hydrogen) atoms. The molecular weight excluding hydrogens is 340 g/mol. The lowest BCUT2D eigenvalue weighted by Gasteiger charge is -2.36. The highest BCUT2D eigenvalue weighted by molar-refractivity contribution is 5.87. The SMILES string of the molecule is Cc1cccc(CN2CCN(C(=O)C(C)n3ccnc3C(C)C)CC2=O)c1. The van der Waals surface area contributed by atoms with Crippen LogP contribution in [0.2, 0.25) is 0 Å². The molecule has 2 aromatic rings. The maximum atomic E-state index is 12.9. The van der Waals surface area contributed by atoms with Crippen LogP contribution in [0.15, 0.2) is 36.7 Å². The molecule has 6 heteroatoms. The molecule has 1 aliphatic rings. The highest BCUT2D eigenvalue weighted by Gasteiger charge is 2.31. The molecule has 144 valence electrons. The fourth-order valence-corrected chi connectivity index (χ4v) is 3.58. The summed E-state index contributed by atoms with van der Waals surface area (Å²) in [6, 6.07) is 7.82. The Morgan fingerprint density at radius 2 is 2.00 bits per heavy atom. The first kappa shape index (κ1) is 19.1. The standard InChI is InChI=1S/C21H28N4O2/c1-15(2)20-22-8-9-25(20)17(4)21(27)24-11-10-23(19(26)14-24)13-18-7-5-6-16(3)12-18/h5-9,12,15,17H,10-11,13-14H2,1-4H3. The van der Waals surface area contributed by atoms with Crippen molar-refractivity contribution in [2.24, 2.45) is 0 Å². The van der Waals surface area contributed by atoms with Gasteiger partial charge in [-0.15, -0.1) is 0 Å². The number of piperazine rings is 1. The van der Waals surface area contributed by atoms with E-state index in [1.54, 1.807) is 11.1 Å². The van der Waals surface area contributed by atoms with Gasteiger partial charge in [-0.05, 0) is 19.4 Å². The van der Waals surface area contributed by atoms with Crippen molar-refractivity contribution in [3.05, 3.63) is 53.6 Å². The van der Waals surface area contributed by atoms with Gasteiger partial charge in [0.15, 0.2) is 0 Å². The number of aromatic nitrogens is 2. The van der Waals surface area contributed by atoms with Crippen molar-refractivity contribution < 1.29 is 9.59 Å². The van der Waals surface area contributed by atoms with Gasteiger partial charge in [-0.2, -0.15) is 0 Å². The van der Waals surface area contributed by atoms with Crippen LogP contribution in [0.1, 0.15) is 49.7 Å². The molecule has 1 unspecified atom stereocenters. The molecular formula is C21H28N4O2. The number of carbonyl (C=O) groups excluding carboxylic acids is 2. The van der Waals surface area contributed by atoms with Crippen molar-refractivity contribution in [2.75, 3.05) is 19.6 Å². The largest absolute Gasteiger partial charge is 0.335 e. The first-order chi connectivity index (χ1) is 12.9.